The molecule has 2 atom stereocenters. The number of carbonyl (C=O) groups is 4. The number of imide groups is 1. The molecule has 1 aromatic carbocycles. The van der Waals surface area contributed by atoms with Gasteiger partial charge in [0.25, 0.3) is 0 Å². The monoisotopic (exact) mass is 473 g/mol. The lowest BCUT2D eigenvalue weighted by molar-refractivity contribution is -0.139. The van der Waals surface area contributed by atoms with Crippen molar-refractivity contribution in [3.8, 4) is 11.4 Å². The van der Waals surface area contributed by atoms with E-state index in [2.05, 4.69) is 25.7 Å². The zero-order valence-corrected chi connectivity index (χ0v) is 18.6. The lowest BCUT2D eigenvalue weighted by Crippen LogP contribution is -2.36. The maximum atomic E-state index is 12.4. The molecule has 1 aliphatic rings. The molecule has 1 saturated heterocycles. The van der Waals surface area contributed by atoms with Crippen molar-refractivity contribution in [2.75, 3.05) is 12.3 Å². The number of nitrogens with one attached hydrogen (secondary N) is 1. The van der Waals surface area contributed by atoms with Crippen molar-refractivity contribution in [2.24, 2.45) is 5.73 Å². The Morgan fingerprint density at radius 2 is 1.88 bits per heavy atom. The normalized spacial score (nSPS) is 16.7. The van der Waals surface area contributed by atoms with E-state index in [9.17, 15) is 19.2 Å². The molecule has 0 spiro atoms. The summed E-state index contributed by atoms with van der Waals surface area (Å²) in [6.45, 7) is 1.94. The molecule has 0 saturated carbocycles. The molecule has 13 heteroatoms. The molecule has 33 heavy (non-hydrogen) atoms. The first-order valence-corrected chi connectivity index (χ1v) is 11.1. The van der Waals surface area contributed by atoms with Gasteiger partial charge in [0.05, 0.1) is 5.25 Å². The van der Waals surface area contributed by atoms with Gasteiger partial charge in [0.1, 0.15) is 6.04 Å². The summed E-state index contributed by atoms with van der Waals surface area (Å²) in [6.07, 6.45) is -0.0598. The fourth-order valence-electron chi connectivity index (χ4n) is 2.98. The predicted molar refractivity (Wildman–Crippen MR) is 117 cm³/mol. The van der Waals surface area contributed by atoms with E-state index in [1.165, 1.54) is 0 Å². The van der Waals surface area contributed by atoms with Crippen molar-refractivity contribution < 1.29 is 24.3 Å². The molecule has 2 heterocycles. The van der Waals surface area contributed by atoms with Gasteiger partial charge < -0.3 is 16.2 Å². The zero-order valence-electron chi connectivity index (χ0n) is 17.8. The number of thioether (sulfide) groups is 1. The Bertz CT molecular complexity index is 1030. The van der Waals surface area contributed by atoms with Gasteiger partial charge in [-0.2, -0.15) is 0 Å². The number of aryl methyl sites for hydroxylation is 1. The van der Waals surface area contributed by atoms with Gasteiger partial charge in [0.2, 0.25) is 23.5 Å². The number of hydrogen-bond acceptors (Lipinski definition) is 10. The molecule has 1 unspecified atom stereocenters. The lowest BCUT2D eigenvalue weighted by atomic mass is 10.1. The van der Waals surface area contributed by atoms with Gasteiger partial charge in [-0.05, 0) is 12.5 Å². The predicted octanol–water partition coefficient (Wildman–Crippen LogP) is -0.479. The first kappa shape index (κ1) is 24.2. The number of benzene rings is 1. The number of nitrogens with two attached hydrogens (primary N) is 1. The molecule has 0 bridgehead atoms. The molecular weight excluding hydrogens is 450 g/mol. The molecule has 4 N–H and O–H groups in total. The number of carboxylic acids is 1. The van der Waals surface area contributed by atoms with Gasteiger partial charge in [-0.15, -0.1) is 32.2 Å². The smallest absolute Gasteiger partial charge is 0.321 e. The molecule has 1 aliphatic heterocycles. The van der Waals surface area contributed by atoms with Crippen LogP contribution in [-0.2, 0) is 25.7 Å². The van der Waals surface area contributed by atoms with Gasteiger partial charge >= 0.3 is 5.97 Å². The van der Waals surface area contributed by atoms with Gasteiger partial charge in [0.15, 0.2) is 5.82 Å². The molecular formula is C20H23N7O5S. The summed E-state index contributed by atoms with van der Waals surface area (Å²) < 4.78 is 0. The number of nitrogens with zero attached hydrogens (tertiary/aromatic N) is 5. The molecule has 1 fully saturated rings. The lowest BCUT2D eigenvalue weighted by Gasteiger charge is -2.15. The van der Waals surface area contributed by atoms with Crippen LogP contribution in [0.5, 0.6) is 0 Å². The van der Waals surface area contributed by atoms with Crippen LogP contribution in [0.15, 0.2) is 24.3 Å². The fourth-order valence-corrected chi connectivity index (χ4v) is 4.09. The summed E-state index contributed by atoms with van der Waals surface area (Å²) in [5, 5.41) is 26.6. The maximum Gasteiger partial charge on any atom is 0.321 e. The second-order valence-corrected chi connectivity index (χ2v) is 8.58. The Balaban J connectivity index is 1.43. The standard InChI is InChI=1S/C20H23N7O5S/c1-11-23-25-18(26-24-11)13-4-2-12(3-5-13)9-22-16(28)6-7-27-17(29)8-15(19(27)30)33-10-14(21)20(31)32/h2-5,14-15H,6-10,21H2,1H3,(H,22,28)(H,31,32)/t14-,15?/m0/s1. The van der Waals surface area contributed by atoms with Crippen molar-refractivity contribution in [3.05, 3.63) is 35.7 Å². The van der Waals surface area contributed by atoms with Crippen LogP contribution in [0.25, 0.3) is 11.4 Å². The first-order valence-electron chi connectivity index (χ1n) is 10.1. The summed E-state index contributed by atoms with van der Waals surface area (Å²) in [7, 11) is 0. The average Bonchev–Trinajstić information content (AvgIpc) is 3.07. The van der Waals surface area contributed by atoms with Crippen LogP contribution in [0.3, 0.4) is 0 Å². The Labute approximate surface area is 193 Å². The minimum Gasteiger partial charge on any atom is -0.480 e. The van der Waals surface area contributed by atoms with E-state index in [0.29, 0.717) is 11.6 Å². The highest BCUT2D eigenvalue weighted by Crippen LogP contribution is 2.25. The molecule has 0 aliphatic carbocycles. The van der Waals surface area contributed by atoms with E-state index in [1.807, 2.05) is 12.1 Å². The second-order valence-electron chi connectivity index (χ2n) is 7.35. The number of carboxylic acid groups (broad SMARTS) is 1. The van der Waals surface area contributed by atoms with E-state index in [0.717, 1.165) is 27.8 Å². The molecule has 2 aromatic rings. The van der Waals surface area contributed by atoms with Gasteiger partial charge in [0, 0.05) is 37.2 Å². The highest BCUT2D eigenvalue weighted by molar-refractivity contribution is 8.00. The molecule has 174 valence electrons. The van der Waals surface area contributed by atoms with Crippen LogP contribution in [0, 0.1) is 6.92 Å². The third-order valence-electron chi connectivity index (χ3n) is 4.84. The van der Waals surface area contributed by atoms with Crippen LogP contribution in [-0.4, -0.2) is 77.7 Å². The molecule has 3 amide bonds. The quantitative estimate of drug-likeness (QED) is 0.379. The van der Waals surface area contributed by atoms with Crippen molar-refractivity contribution in [2.45, 2.75) is 37.6 Å². The number of hydrogen-bond donors (Lipinski definition) is 3. The van der Waals surface area contributed by atoms with E-state index in [1.54, 1.807) is 19.1 Å². The number of likely N-dealkylation sites (tertiary alicyclic amines) is 1. The third kappa shape index (κ3) is 6.52. The number of aromatic nitrogens is 4. The van der Waals surface area contributed by atoms with Crippen LogP contribution < -0.4 is 11.1 Å². The summed E-state index contributed by atoms with van der Waals surface area (Å²) in [6, 6.07) is 6.12. The van der Waals surface area contributed by atoms with Crippen LogP contribution in [0.2, 0.25) is 0 Å². The van der Waals surface area contributed by atoms with E-state index >= 15 is 0 Å². The minimum absolute atomic E-state index is 0.0230. The molecule has 3 rings (SSSR count). The fraction of sp³-hybridized carbons (Fsp3) is 0.400. The van der Waals surface area contributed by atoms with Gasteiger partial charge in [-0.3, -0.25) is 24.1 Å². The van der Waals surface area contributed by atoms with E-state index in [-0.39, 0.29) is 43.5 Å². The summed E-state index contributed by atoms with van der Waals surface area (Å²) in [5.41, 5.74) is 7.03. The van der Waals surface area contributed by atoms with Crippen LogP contribution in [0.4, 0.5) is 0 Å². The van der Waals surface area contributed by atoms with Gasteiger partial charge in [-0.1, -0.05) is 24.3 Å². The average molecular weight is 474 g/mol. The summed E-state index contributed by atoms with van der Waals surface area (Å²) >= 11 is 1.04. The van der Waals surface area contributed by atoms with Crippen molar-refractivity contribution in [1.29, 1.82) is 0 Å². The topological polar surface area (TPSA) is 181 Å². The van der Waals surface area contributed by atoms with Crippen LogP contribution >= 0.6 is 11.8 Å². The highest BCUT2D eigenvalue weighted by atomic mass is 32.2. The number of rotatable bonds is 10. The number of amides is 3. The summed E-state index contributed by atoms with van der Waals surface area (Å²) in [5.74, 6) is -1.38. The zero-order chi connectivity index (χ0) is 24.0. The Morgan fingerprint density at radius 1 is 1.21 bits per heavy atom. The molecule has 12 nitrogen and oxygen atoms in total. The molecule has 1 aromatic heterocycles. The third-order valence-corrected chi connectivity index (χ3v) is 6.16. The second kappa shape index (κ2) is 10.9. The Kier molecular flexibility index (Phi) is 8.01. The highest BCUT2D eigenvalue weighted by Gasteiger charge is 2.39. The summed E-state index contributed by atoms with van der Waals surface area (Å²) in [4.78, 5) is 48.6. The van der Waals surface area contributed by atoms with E-state index < -0.39 is 23.2 Å². The van der Waals surface area contributed by atoms with Crippen LogP contribution in [0.1, 0.15) is 24.2 Å². The SMILES string of the molecule is Cc1nnc(-c2ccc(CNC(=O)CCN3C(=O)CC(SC[C@H](N)C(=O)O)C3=O)cc2)nn1. The largest absolute Gasteiger partial charge is 0.480 e. The van der Waals surface area contributed by atoms with Crippen molar-refractivity contribution in [3.63, 3.8) is 0 Å². The number of aliphatic carboxylic acids is 1. The van der Waals surface area contributed by atoms with Gasteiger partial charge in [-0.25, -0.2) is 0 Å². The number of carbonyl (C=O) groups excluding carboxylic acids is 3. The van der Waals surface area contributed by atoms with E-state index in [4.69, 9.17) is 10.8 Å². The van der Waals surface area contributed by atoms with Crippen molar-refractivity contribution in [1.82, 2.24) is 30.6 Å². The minimum atomic E-state index is -1.17. The van der Waals surface area contributed by atoms with Crippen molar-refractivity contribution >= 4 is 35.5 Å². The first-order chi connectivity index (χ1) is 15.7. The Hall–Kier alpha value is -3.45. The Morgan fingerprint density at radius 3 is 2.52 bits per heavy atom. The molecule has 0 radical (unpaired) electrons. The maximum absolute atomic E-state index is 12.4.